The number of hydrogen-bond acceptors (Lipinski definition) is 9. The van der Waals surface area contributed by atoms with Gasteiger partial charge in [-0.1, -0.05) is 37.5 Å². The molecule has 2 amide bonds. The van der Waals surface area contributed by atoms with Gasteiger partial charge in [0, 0.05) is 52.4 Å². The van der Waals surface area contributed by atoms with E-state index in [-0.39, 0.29) is 17.3 Å². The number of carboxylic acid groups (broad SMARTS) is 1. The zero-order valence-corrected chi connectivity index (χ0v) is 34.8. The van der Waals surface area contributed by atoms with Crippen LogP contribution in [0.25, 0.3) is 22.0 Å². The molecule has 6 N–H and O–H groups in total. The van der Waals surface area contributed by atoms with Crippen molar-refractivity contribution in [3.8, 4) is 11.1 Å². The first kappa shape index (κ1) is 45.8. The van der Waals surface area contributed by atoms with E-state index in [4.69, 9.17) is 5.11 Å². The first-order valence-electron chi connectivity index (χ1n) is 20.6. The number of pyridine rings is 3. The highest BCUT2D eigenvalue weighted by Gasteiger charge is 2.33. The van der Waals surface area contributed by atoms with E-state index in [2.05, 4.69) is 42.2 Å². The molecule has 330 valence electrons. The molecule has 6 aromatic rings. The molecule has 1 saturated carbocycles. The lowest BCUT2D eigenvalue weighted by molar-refractivity contribution is -0.141. The first-order valence-corrected chi connectivity index (χ1v) is 20.6. The van der Waals surface area contributed by atoms with E-state index in [1.807, 2.05) is 24.3 Å². The largest absolute Gasteiger partial charge is 0.480 e. The summed E-state index contributed by atoms with van der Waals surface area (Å²) in [6, 6.07) is 18.6. The molecule has 0 unspecified atom stereocenters. The molecule has 0 spiro atoms. The zero-order valence-electron chi connectivity index (χ0n) is 34.8. The van der Waals surface area contributed by atoms with Crippen LogP contribution in [-0.4, -0.2) is 65.8 Å². The van der Waals surface area contributed by atoms with Gasteiger partial charge in [0.2, 0.25) is 0 Å². The summed E-state index contributed by atoms with van der Waals surface area (Å²) in [5, 5.41) is 35.6. The first-order chi connectivity index (χ1) is 30.0. The Morgan fingerprint density at radius 1 is 0.905 bits per heavy atom. The smallest absolute Gasteiger partial charge is 0.433 e. The standard InChI is InChI=1S/C29H34N4O4.C17H15F3N4O2/c34-27-11-10-26(19-33(27)20-28(35)36)32-29(37)25-15-22(14-24(16-25)23-9-5-13-31-18-23)8-4-12-30-17-21-6-2-1-3-7-21;1-16(2,26)10-7-12-9(8-21-24-12)6-13(10)23-15(25)11-4-3-5-14(22-11)17(18,19)20/h5,9-11,13-16,18-19,21,30H,1-4,6-8,12,17,20H2,(H,32,37)(H,35,36);3-8,26H,1-2H3,(H,21,24)(H,23,25). The fraction of sp³-hybridized carbons (Fsp3) is 0.326. The molecule has 0 radical (unpaired) electrons. The van der Waals surface area contributed by atoms with Gasteiger partial charge in [-0.05, 0) is 118 Å². The molecule has 0 saturated heterocycles. The molecule has 1 fully saturated rings. The van der Waals surface area contributed by atoms with Crippen molar-refractivity contribution >= 4 is 40.1 Å². The summed E-state index contributed by atoms with van der Waals surface area (Å²) < 4.78 is 39.4. The van der Waals surface area contributed by atoms with Crippen LogP contribution in [0.3, 0.4) is 0 Å². The monoisotopic (exact) mass is 866 g/mol. The number of amides is 2. The third-order valence-electron chi connectivity index (χ3n) is 10.5. The lowest BCUT2D eigenvalue weighted by atomic mass is 9.89. The van der Waals surface area contributed by atoms with Gasteiger partial charge >= 0.3 is 12.1 Å². The maximum Gasteiger partial charge on any atom is 0.433 e. The Bertz CT molecular complexity index is 2600. The van der Waals surface area contributed by atoms with E-state index in [1.54, 1.807) is 24.5 Å². The summed E-state index contributed by atoms with van der Waals surface area (Å²) in [6.45, 7) is 4.59. The number of carboxylic acids is 1. The molecule has 4 heterocycles. The summed E-state index contributed by atoms with van der Waals surface area (Å²) >= 11 is 0. The molecule has 1 aliphatic carbocycles. The number of anilines is 2. The van der Waals surface area contributed by atoms with E-state index < -0.39 is 41.5 Å². The van der Waals surface area contributed by atoms with Crippen LogP contribution >= 0.6 is 0 Å². The molecule has 0 atom stereocenters. The van der Waals surface area contributed by atoms with E-state index in [0.717, 1.165) is 65.2 Å². The van der Waals surface area contributed by atoms with Gasteiger partial charge in [-0.15, -0.1) is 0 Å². The predicted molar refractivity (Wildman–Crippen MR) is 232 cm³/mol. The molecule has 2 aromatic carbocycles. The summed E-state index contributed by atoms with van der Waals surface area (Å²) in [4.78, 5) is 56.1. The number of alkyl halides is 3. The van der Waals surface area contributed by atoms with Crippen molar-refractivity contribution in [2.75, 3.05) is 23.7 Å². The van der Waals surface area contributed by atoms with Crippen LogP contribution in [0.5, 0.6) is 0 Å². The van der Waals surface area contributed by atoms with Gasteiger partial charge in [0.25, 0.3) is 17.4 Å². The number of aromatic amines is 1. The highest BCUT2D eigenvalue weighted by atomic mass is 19.4. The molecular formula is C46H49F3N8O6. The Morgan fingerprint density at radius 3 is 2.41 bits per heavy atom. The number of benzene rings is 2. The summed E-state index contributed by atoms with van der Waals surface area (Å²) in [5.74, 6) is -1.48. The maximum absolute atomic E-state index is 13.2. The van der Waals surface area contributed by atoms with Crippen molar-refractivity contribution < 1.29 is 37.8 Å². The van der Waals surface area contributed by atoms with Crippen LogP contribution in [0.15, 0.2) is 102 Å². The summed E-state index contributed by atoms with van der Waals surface area (Å²) in [7, 11) is 0. The fourth-order valence-electron chi connectivity index (χ4n) is 7.37. The number of aliphatic carboxylic acids is 1. The number of carbonyl (C=O) groups excluding carboxylic acids is 2. The fourth-order valence-corrected chi connectivity index (χ4v) is 7.37. The number of aliphatic hydroxyl groups is 1. The van der Waals surface area contributed by atoms with Crippen molar-refractivity contribution in [1.82, 2.24) is 30.0 Å². The molecule has 4 aromatic heterocycles. The number of halogens is 3. The normalized spacial score (nSPS) is 13.2. The lowest BCUT2D eigenvalue weighted by Gasteiger charge is -2.22. The van der Waals surface area contributed by atoms with Crippen molar-refractivity contribution in [2.45, 2.75) is 77.1 Å². The molecule has 0 aliphatic heterocycles. The van der Waals surface area contributed by atoms with Gasteiger partial charge < -0.3 is 30.7 Å². The topological polar surface area (TPSA) is 204 Å². The predicted octanol–water partition coefficient (Wildman–Crippen LogP) is 7.81. The van der Waals surface area contributed by atoms with Crippen molar-refractivity contribution in [2.24, 2.45) is 5.92 Å². The molecule has 17 heteroatoms. The Labute approximate surface area is 361 Å². The number of carbonyl (C=O) groups is 3. The van der Waals surface area contributed by atoms with Gasteiger partial charge in [0.1, 0.15) is 17.9 Å². The quantitative estimate of drug-likeness (QED) is 0.0586. The van der Waals surface area contributed by atoms with E-state index >= 15 is 0 Å². The number of fused-ring (bicyclic) bond motifs is 1. The molecule has 7 rings (SSSR count). The molecular weight excluding hydrogens is 818 g/mol. The van der Waals surface area contributed by atoms with E-state index in [0.29, 0.717) is 27.7 Å². The van der Waals surface area contributed by atoms with Crippen molar-refractivity contribution in [3.05, 3.63) is 136 Å². The number of aryl methyl sites for hydroxylation is 1. The van der Waals surface area contributed by atoms with Crippen LogP contribution in [0, 0.1) is 5.92 Å². The number of rotatable bonds is 14. The second kappa shape index (κ2) is 20.4. The second-order valence-corrected chi connectivity index (χ2v) is 16.0. The molecule has 0 bridgehead atoms. The third-order valence-corrected chi connectivity index (χ3v) is 10.5. The van der Waals surface area contributed by atoms with Gasteiger partial charge in [0.05, 0.1) is 23.0 Å². The Kier molecular flexibility index (Phi) is 14.9. The number of H-pyrrole nitrogens is 1. The molecule has 63 heavy (non-hydrogen) atoms. The SMILES string of the molecule is CC(C)(O)c1cc2[nH]ncc2cc1NC(=O)c1cccc(C(F)(F)F)n1.O=C(O)Cn1cc(NC(=O)c2cc(CCCNCC3CCCCC3)cc(-c3cccnc3)c2)ccc1=O. The average molecular weight is 867 g/mol. The van der Waals surface area contributed by atoms with Crippen LogP contribution in [-0.2, 0) is 29.5 Å². The van der Waals surface area contributed by atoms with Crippen LogP contribution in [0.2, 0.25) is 0 Å². The third kappa shape index (κ3) is 12.9. The Balaban J connectivity index is 0.000000223. The van der Waals surface area contributed by atoms with Crippen molar-refractivity contribution in [3.63, 3.8) is 0 Å². The van der Waals surface area contributed by atoms with Gasteiger partial charge in [0.15, 0.2) is 0 Å². The molecule has 14 nitrogen and oxygen atoms in total. The van der Waals surface area contributed by atoms with Gasteiger partial charge in [-0.2, -0.15) is 18.3 Å². The number of hydrogen-bond donors (Lipinski definition) is 6. The minimum absolute atomic E-state index is 0.260. The number of aromatic nitrogens is 5. The zero-order chi connectivity index (χ0) is 45.1. The van der Waals surface area contributed by atoms with Crippen molar-refractivity contribution in [1.29, 1.82) is 0 Å². The minimum atomic E-state index is -4.65. The average Bonchev–Trinajstić information content (AvgIpc) is 3.72. The number of nitrogens with one attached hydrogen (secondary N) is 4. The van der Waals surface area contributed by atoms with Crippen LogP contribution in [0.1, 0.15) is 90.0 Å². The number of nitrogens with zero attached hydrogens (tertiary/aromatic N) is 4. The van der Waals surface area contributed by atoms with Gasteiger partial charge in [-0.25, -0.2) is 4.98 Å². The maximum atomic E-state index is 13.2. The Morgan fingerprint density at radius 2 is 1.70 bits per heavy atom. The lowest BCUT2D eigenvalue weighted by Crippen LogP contribution is -2.25. The second-order valence-electron chi connectivity index (χ2n) is 16.0. The Hall–Kier alpha value is -6.72. The minimum Gasteiger partial charge on any atom is -0.480 e. The van der Waals surface area contributed by atoms with E-state index in [9.17, 15) is 37.5 Å². The summed E-state index contributed by atoms with van der Waals surface area (Å²) in [6.07, 6.45) is 10.2. The van der Waals surface area contributed by atoms with Crippen LogP contribution < -0.4 is 21.5 Å². The highest BCUT2D eigenvalue weighted by Crippen LogP contribution is 2.33. The highest BCUT2D eigenvalue weighted by molar-refractivity contribution is 6.05. The molecule has 1 aliphatic rings. The van der Waals surface area contributed by atoms with Gasteiger partial charge in [-0.3, -0.25) is 29.3 Å². The van der Waals surface area contributed by atoms with Crippen LogP contribution in [0.4, 0.5) is 24.5 Å². The summed E-state index contributed by atoms with van der Waals surface area (Å²) in [5.41, 5.74) is 1.73. The van der Waals surface area contributed by atoms with E-state index in [1.165, 1.54) is 76.5 Å².